The number of carbonyl (C=O) groups is 1. The number of esters is 1. The van der Waals surface area contributed by atoms with Crippen LogP contribution in [-0.2, 0) is 19.6 Å². The summed E-state index contributed by atoms with van der Waals surface area (Å²) < 4.78 is 44.2. The Kier molecular flexibility index (Phi) is 6.05. The lowest BCUT2D eigenvalue weighted by Gasteiger charge is -2.26. The SMILES string of the molecule is COC(=O)[C@@H](c1ccc(Cl)c(Cl)c1)N(C)S(=O)(=O)c1ccc(F)cc1. The van der Waals surface area contributed by atoms with Gasteiger partial charge in [-0.15, -0.1) is 0 Å². The third-order valence-corrected chi connectivity index (χ3v) is 6.11. The summed E-state index contributed by atoms with van der Waals surface area (Å²) in [5.74, 6) is -1.37. The topological polar surface area (TPSA) is 63.7 Å². The van der Waals surface area contributed by atoms with Crippen molar-refractivity contribution in [2.24, 2.45) is 0 Å². The summed E-state index contributed by atoms with van der Waals surface area (Å²) in [7, 11) is -1.72. The van der Waals surface area contributed by atoms with E-state index in [1.807, 2.05) is 0 Å². The molecule has 0 unspecified atom stereocenters. The Morgan fingerprint density at radius 3 is 2.24 bits per heavy atom. The van der Waals surface area contributed by atoms with Gasteiger partial charge in [0.05, 0.1) is 22.1 Å². The zero-order valence-corrected chi connectivity index (χ0v) is 15.6. The minimum atomic E-state index is -4.09. The lowest BCUT2D eigenvalue weighted by Crippen LogP contribution is -2.36. The molecule has 134 valence electrons. The van der Waals surface area contributed by atoms with Crippen molar-refractivity contribution in [1.82, 2.24) is 4.31 Å². The number of methoxy groups -OCH3 is 1. The number of rotatable bonds is 5. The van der Waals surface area contributed by atoms with Crippen molar-refractivity contribution >= 4 is 39.2 Å². The van der Waals surface area contributed by atoms with Gasteiger partial charge in [0, 0.05) is 7.05 Å². The van der Waals surface area contributed by atoms with Gasteiger partial charge >= 0.3 is 5.97 Å². The average molecular weight is 406 g/mol. The zero-order valence-electron chi connectivity index (χ0n) is 13.2. The number of carbonyl (C=O) groups excluding carboxylic acids is 1. The lowest BCUT2D eigenvalue weighted by atomic mass is 10.1. The van der Waals surface area contributed by atoms with Gasteiger partial charge < -0.3 is 4.74 Å². The molecule has 0 fully saturated rings. The van der Waals surface area contributed by atoms with Crippen LogP contribution in [0.15, 0.2) is 47.4 Å². The molecule has 0 aliphatic carbocycles. The summed E-state index contributed by atoms with van der Waals surface area (Å²) in [4.78, 5) is 12.1. The first kappa shape index (κ1) is 19.7. The summed E-state index contributed by atoms with van der Waals surface area (Å²) in [6.07, 6.45) is 0. The predicted molar refractivity (Wildman–Crippen MR) is 92.6 cm³/mol. The molecule has 2 aromatic carbocycles. The quantitative estimate of drug-likeness (QED) is 0.711. The van der Waals surface area contributed by atoms with Crippen molar-refractivity contribution in [2.75, 3.05) is 14.2 Å². The number of hydrogen-bond donors (Lipinski definition) is 0. The Morgan fingerprint density at radius 2 is 1.72 bits per heavy atom. The van der Waals surface area contributed by atoms with E-state index >= 15 is 0 Å². The van der Waals surface area contributed by atoms with Crippen LogP contribution in [0.1, 0.15) is 11.6 Å². The maximum atomic E-state index is 13.1. The minimum Gasteiger partial charge on any atom is -0.468 e. The molecule has 9 heteroatoms. The van der Waals surface area contributed by atoms with Crippen molar-refractivity contribution in [3.8, 4) is 0 Å². The molecular weight excluding hydrogens is 392 g/mol. The van der Waals surface area contributed by atoms with Gasteiger partial charge in [-0.1, -0.05) is 29.3 Å². The largest absolute Gasteiger partial charge is 0.468 e. The monoisotopic (exact) mass is 405 g/mol. The third kappa shape index (κ3) is 4.12. The first-order valence-electron chi connectivity index (χ1n) is 6.95. The van der Waals surface area contributed by atoms with E-state index in [0.29, 0.717) is 0 Å². The first-order chi connectivity index (χ1) is 11.7. The van der Waals surface area contributed by atoms with E-state index < -0.39 is 27.9 Å². The number of nitrogens with zero attached hydrogens (tertiary/aromatic N) is 1. The second kappa shape index (κ2) is 7.70. The van der Waals surface area contributed by atoms with Gasteiger partial charge in [-0.2, -0.15) is 4.31 Å². The molecule has 0 bridgehead atoms. The van der Waals surface area contributed by atoms with E-state index in [9.17, 15) is 17.6 Å². The highest BCUT2D eigenvalue weighted by Gasteiger charge is 2.35. The Labute approximate surface area is 155 Å². The van der Waals surface area contributed by atoms with Crippen LogP contribution >= 0.6 is 23.2 Å². The van der Waals surface area contributed by atoms with Crippen molar-refractivity contribution < 1.29 is 22.3 Å². The number of halogens is 3. The molecule has 0 saturated heterocycles. The normalized spacial score (nSPS) is 12.9. The van der Waals surface area contributed by atoms with Crippen LogP contribution in [0.25, 0.3) is 0 Å². The van der Waals surface area contributed by atoms with Crippen LogP contribution in [-0.4, -0.2) is 32.8 Å². The van der Waals surface area contributed by atoms with Gasteiger partial charge in [0.25, 0.3) is 0 Å². The molecule has 0 N–H and O–H groups in total. The third-order valence-electron chi connectivity index (χ3n) is 3.54. The van der Waals surface area contributed by atoms with Gasteiger partial charge in [-0.3, -0.25) is 0 Å². The zero-order chi connectivity index (χ0) is 18.8. The standard InChI is InChI=1S/C16H14Cl2FNO4S/c1-20(25(22,23)12-6-4-11(19)5-7-12)15(16(21)24-2)10-3-8-13(17)14(18)9-10/h3-9,15H,1-2H3/t15-/m1/s1. The second-order valence-corrected chi connectivity index (χ2v) is 7.89. The maximum absolute atomic E-state index is 13.1. The lowest BCUT2D eigenvalue weighted by molar-refractivity contribution is -0.145. The number of sulfonamides is 1. The molecule has 1 atom stereocenters. The summed E-state index contributed by atoms with van der Waals surface area (Å²) in [6, 6.07) is 7.31. The first-order valence-corrected chi connectivity index (χ1v) is 9.14. The molecule has 5 nitrogen and oxygen atoms in total. The van der Waals surface area contributed by atoms with Crippen LogP contribution in [0.5, 0.6) is 0 Å². The number of ether oxygens (including phenoxy) is 1. The average Bonchev–Trinajstić information content (AvgIpc) is 2.58. The highest BCUT2D eigenvalue weighted by atomic mass is 35.5. The molecule has 0 aromatic heterocycles. The van der Waals surface area contributed by atoms with Crippen molar-refractivity contribution in [2.45, 2.75) is 10.9 Å². The summed E-state index contributed by atoms with van der Waals surface area (Å²) in [5.41, 5.74) is 0.287. The fourth-order valence-electron chi connectivity index (χ4n) is 2.20. The molecule has 0 radical (unpaired) electrons. The van der Waals surface area contributed by atoms with Crippen LogP contribution in [0, 0.1) is 5.82 Å². The predicted octanol–water partition coefficient (Wildman–Crippen LogP) is 3.67. The van der Waals surface area contributed by atoms with E-state index in [2.05, 4.69) is 0 Å². The highest BCUT2D eigenvalue weighted by Crippen LogP contribution is 2.31. The fourth-order valence-corrected chi connectivity index (χ4v) is 3.80. The highest BCUT2D eigenvalue weighted by molar-refractivity contribution is 7.89. The van der Waals surface area contributed by atoms with Gasteiger partial charge in [0.1, 0.15) is 11.9 Å². The number of hydrogen-bond acceptors (Lipinski definition) is 4. The van der Waals surface area contributed by atoms with E-state index in [1.54, 1.807) is 0 Å². The van der Waals surface area contributed by atoms with Gasteiger partial charge in [-0.25, -0.2) is 17.6 Å². The molecule has 2 rings (SSSR count). The fraction of sp³-hybridized carbons (Fsp3) is 0.188. The van der Waals surface area contributed by atoms with Gasteiger partial charge in [0.15, 0.2) is 0 Å². The summed E-state index contributed by atoms with van der Waals surface area (Å²) >= 11 is 11.8. The van der Waals surface area contributed by atoms with Crippen molar-refractivity contribution in [3.63, 3.8) is 0 Å². The Hall–Kier alpha value is -1.67. The van der Waals surface area contributed by atoms with Crippen LogP contribution < -0.4 is 0 Å². The number of likely N-dealkylation sites (N-methyl/N-ethyl adjacent to an activating group) is 1. The Morgan fingerprint density at radius 1 is 1.12 bits per heavy atom. The summed E-state index contributed by atoms with van der Waals surface area (Å²) in [5, 5.41) is 0.429. The second-order valence-electron chi connectivity index (χ2n) is 5.07. The van der Waals surface area contributed by atoms with E-state index in [4.69, 9.17) is 27.9 Å². The molecule has 0 spiro atoms. The molecule has 0 aliphatic heterocycles. The summed E-state index contributed by atoms with van der Waals surface area (Å²) in [6.45, 7) is 0. The van der Waals surface area contributed by atoms with E-state index in [0.717, 1.165) is 35.7 Å². The maximum Gasteiger partial charge on any atom is 0.328 e. The molecule has 2 aromatic rings. The van der Waals surface area contributed by atoms with E-state index in [-0.39, 0.29) is 20.5 Å². The molecular formula is C16H14Cl2FNO4S. The van der Waals surface area contributed by atoms with Crippen molar-refractivity contribution in [1.29, 1.82) is 0 Å². The minimum absolute atomic E-state index is 0.162. The van der Waals surface area contributed by atoms with Crippen LogP contribution in [0.2, 0.25) is 10.0 Å². The van der Waals surface area contributed by atoms with Gasteiger partial charge in [-0.05, 0) is 42.0 Å². The van der Waals surface area contributed by atoms with E-state index in [1.165, 1.54) is 25.2 Å². The molecule has 0 aliphatic rings. The Bertz CT molecular complexity index is 888. The van der Waals surface area contributed by atoms with Crippen molar-refractivity contribution in [3.05, 3.63) is 63.9 Å². The number of benzene rings is 2. The molecule has 0 heterocycles. The molecule has 0 amide bonds. The van der Waals surface area contributed by atoms with Crippen LogP contribution in [0.3, 0.4) is 0 Å². The molecule has 0 saturated carbocycles. The molecule has 25 heavy (non-hydrogen) atoms. The smallest absolute Gasteiger partial charge is 0.328 e. The van der Waals surface area contributed by atoms with Gasteiger partial charge in [0.2, 0.25) is 10.0 Å². The van der Waals surface area contributed by atoms with Crippen LogP contribution in [0.4, 0.5) is 4.39 Å². The Balaban J connectivity index is 2.51.